The molecule has 0 aromatic carbocycles. The number of piperidine rings is 1. The lowest BCUT2D eigenvalue weighted by Gasteiger charge is -2.22. The Hall–Kier alpha value is -0.410. The van der Waals surface area contributed by atoms with Crippen LogP contribution < -0.4 is 5.32 Å². The molecular formula is C12H20N2S. The van der Waals surface area contributed by atoms with Gasteiger partial charge in [-0.05, 0) is 26.3 Å². The Kier molecular flexibility index (Phi) is 3.42. The highest BCUT2D eigenvalue weighted by molar-refractivity contribution is 7.11. The van der Waals surface area contributed by atoms with Gasteiger partial charge in [-0.3, -0.25) is 0 Å². The molecule has 1 fully saturated rings. The van der Waals surface area contributed by atoms with Crippen LogP contribution in [0.15, 0.2) is 0 Å². The predicted molar refractivity (Wildman–Crippen MR) is 65.5 cm³/mol. The molecule has 0 saturated carbocycles. The molecule has 1 aliphatic heterocycles. The van der Waals surface area contributed by atoms with Crippen molar-refractivity contribution in [1.29, 1.82) is 0 Å². The van der Waals surface area contributed by atoms with Crippen molar-refractivity contribution in [3.8, 4) is 0 Å². The largest absolute Gasteiger partial charge is 0.309 e. The summed E-state index contributed by atoms with van der Waals surface area (Å²) in [7, 11) is 0. The SMILES string of the molecule is Cc1nc(C(C)C)sc1C1CCCCN1. The fourth-order valence-electron chi connectivity index (χ4n) is 2.08. The monoisotopic (exact) mass is 224 g/mol. The smallest absolute Gasteiger partial charge is 0.0956 e. The summed E-state index contributed by atoms with van der Waals surface area (Å²) in [5, 5.41) is 4.89. The molecule has 15 heavy (non-hydrogen) atoms. The normalized spacial score (nSPS) is 22.3. The third kappa shape index (κ3) is 2.40. The molecule has 1 saturated heterocycles. The summed E-state index contributed by atoms with van der Waals surface area (Å²) in [5.41, 5.74) is 1.24. The molecule has 1 aliphatic rings. The number of nitrogens with zero attached hydrogens (tertiary/aromatic N) is 1. The molecular weight excluding hydrogens is 204 g/mol. The van der Waals surface area contributed by atoms with E-state index in [1.54, 1.807) is 0 Å². The van der Waals surface area contributed by atoms with Crippen LogP contribution in [-0.2, 0) is 0 Å². The van der Waals surface area contributed by atoms with Crippen molar-refractivity contribution in [1.82, 2.24) is 10.3 Å². The van der Waals surface area contributed by atoms with Gasteiger partial charge < -0.3 is 5.32 Å². The molecule has 1 aromatic rings. The number of aryl methyl sites for hydroxylation is 1. The van der Waals surface area contributed by atoms with Gasteiger partial charge in [-0.2, -0.15) is 0 Å². The maximum atomic E-state index is 4.66. The van der Waals surface area contributed by atoms with E-state index in [1.807, 2.05) is 11.3 Å². The van der Waals surface area contributed by atoms with Crippen LogP contribution in [0, 0.1) is 6.92 Å². The molecule has 3 heteroatoms. The zero-order valence-electron chi connectivity index (χ0n) is 9.84. The lowest BCUT2D eigenvalue weighted by atomic mass is 10.0. The molecule has 1 unspecified atom stereocenters. The van der Waals surface area contributed by atoms with Gasteiger partial charge in [0.1, 0.15) is 0 Å². The van der Waals surface area contributed by atoms with E-state index >= 15 is 0 Å². The van der Waals surface area contributed by atoms with Crippen LogP contribution in [0.2, 0.25) is 0 Å². The molecule has 1 aromatic heterocycles. The average molecular weight is 224 g/mol. The second-order valence-corrected chi connectivity index (χ2v) is 5.72. The van der Waals surface area contributed by atoms with E-state index in [2.05, 4.69) is 31.1 Å². The fourth-order valence-corrected chi connectivity index (χ4v) is 3.26. The van der Waals surface area contributed by atoms with Gasteiger partial charge in [0.05, 0.1) is 10.7 Å². The van der Waals surface area contributed by atoms with Gasteiger partial charge in [0, 0.05) is 16.8 Å². The lowest BCUT2D eigenvalue weighted by Crippen LogP contribution is -2.26. The minimum Gasteiger partial charge on any atom is -0.309 e. The molecule has 0 radical (unpaired) electrons. The first-order valence-electron chi connectivity index (χ1n) is 5.89. The second kappa shape index (κ2) is 4.62. The van der Waals surface area contributed by atoms with E-state index < -0.39 is 0 Å². The van der Waals surface area contributed by atoms with Gasteiger partial charge in [0.25, 0.3) is 0 Å². The van der Waals surface area contributed by atoms with Crippen molar-refractivity contribution in [2.24, 2.45) is 0 Å². The molecule has 2 heterocycles. The molecule has 0 aliphatic carbocycles. The Morgan fingerprint density at radius 2 is 2.20 bits per heavy atom. The highest BCUT2D eigenvalue weighted by Crippen LogP contribution is 2.32. The Morgan fingerprint density at radius 3 is 2.73 bits per heavy atom. The number of thiazole rings is 1. The van der Waals surface area contributed by atoms with Crippen LogP contribution in [0.1, 0.15) is 60.6 Å². The Bertz CT molecular complexity index is 324. The molecule has 2 rings (SSSR count). The Balaban J connectivity index is 2.19. The standard InChI is InChI=1S/C12H20N2S/c1-8(2)12-14-9(3)11(15-12)10-6-4-5-7-13-10/h8,10,13H,4-7H2,1-3H3. The third-order valence-electron chi connectivity index (χ3n) is 2.97. The molecule has 0 bridgehead atoms. The molecule has 2 nitrogen and oxygen atoms in total. The molecule has 0 spiro atoms. The van der Waals surface area contributed by atoms with E-state index in [4.69, 9.17) is 0 Å². The van der Waals surface area contributed by atoms with Gasteiger partial charge in [0.15, 0.2) is 0 Å². The van der Waals surface area contributed by atoms with Crippen LogP contribution in [0.3, 0.4) is 0 Å². The number of nitrogens with one attached hydrogen (secondary N) is 1. The highest BCUT2D eigenvalue weighted by Gasteiger charge is 2.20. The fraction of sp³-hybridized carbons (Fsp3) is 0.750. The topological polar surface area (TPSA) is 24.9 Å². The van der Waals surface area contributed by atoms with Crippen molar-refractivity contribution < 1.29 is 0 Å². The highest BCUT2D eigenvalue weighted by atomic mass is 32.1. The summed E-state index contributed by atoms with van der Waals surface area (Å²) >= 11 is 1.90. The average Bonchev–Trinajstić information content (AvgIpc) is 2.62. The van der Waals surface area contributed by atoms with Crippen LogP contribution in [-0.4, -0.2) is 11.5 Å². The lowest BCUT2D eigenvalue weighted by molar-refractivity contribution is 0.415. The van der Waals surface area contributed by atoms with E-state index in [9.17, 15) is 0 Å². The van der Waals surface area contributed by atoms with Crippen molar-refractivity contribution in [2.75, 3.05) is 6.54 Å². The molecule has 0 amide bonds. The summed E-state index contributed by atoms with van der Waals surface area (Å²) in [5.74, 6) is 0.561. The number of hydrogen-bond acceptors (Lipinski definition) is 3. The molecule has 1 atom stereocenters. The van der Waals surface area contributed by atoms with Gasteiger partial charge in [-0.1, -0.05) is 20.3 Å². The summed E-state index contributed by atoms with van der Waals surface area (Å²) in [4.78, 5) is 6.13. The van der Waals surface area contributed by atoms with Crippen LogP contribution in [0.25, 0.3) is 0 Å². The summed E-state index contributed by atoms with van der Waals surface area (Å²) < 4.78 is 0. The van der Waals surface area contributed by atoms with Crippen LogP contribution >= 0.6 is 11.3 Å². The van der Waals surface area contributed by atoms with Gasteiger partial charge >= 0.3 is 0 Å². The first kappa shape index (κ1) is 11.1. The molecule has 1 N–H and O–H groups in total. The summed E-state index contributed by atoms with van der Waals surface area (Å²) in [6.07, 6.45) is 3.96. The van der Waals surface area contributed by atoms with Gasteiger partial charge in [0.2, 0.25) is 0 Å². The minimum absolute atomic E-state index is 0.561. The minimum atomic E-state index is 0.561. The maximum absolute atomic E-state index is 4.66. The zero-order valence-corrected chi connectivity index (χ0v) is 10.7. The number of aromatic nitrogens is 1. The van der Waals surface area contributed by atoms with Gasteiger partial charge in [-0.25, -0.2) is 4.98 Å². The van der Waals surface area contributed by atoms with Crippen LogP contribution in [0.5, 0.6) is 0 Å². The summed E-state index contributed by atoms with van der Waals surface area (Å²) in [6, 6.07) is 0.573. The van der Waals surface area contributed by atoms with E-state index in [0.717, 1.165) is 0 Å². The maximum Gasteiger partial charge on any atom is 0.0956 e. The quantitative estimate of drug-likeness (QED) is 0.833. The number of hydrogen-bond donors (Lipinski definition) is 1. The van der Waals surface area contributed by atoms with Crippen molar-refractivity contribution in [2.45, 2.75) is 52.0 Å². The first-order valence-corrected chi connectivity index (χ1v) is 6.70. The van der Waals surface area contributed by atoms with Crippen molar-refractivity contribution in [3.05, 3.63) is 15.6 Å². The summed E-state index contributed by atoms with van der Waals surface area (Å²) in [6.45, 7) is 7.75. The second-order valence-electron chi connectivity index (χ2n) is 4.66. The third-order valence-corrected chi connectivity index (χ3v) is 4.54. The van der Waals surface area contributed by atoms with Crippen molar-refractivity contribution in [3.63, 3.8) is 0 Å². The van der Waals surface area contributed by atoms with Gasteiger partial charge in [-0.15, -0.1) is 11.3 Å². The van der Waals surface area contributed by atoms with E-state index in [1.165, 1.54) is 41.4 Å². The van der Waals surface area contributed by atoms with E-state index in [-0.39, 0.29) is 0 Å². The predicted octanol–water partition coefficient (Wildman–Crippen LogP) is 3.39. The molecule has 84 valence electrons. The number of rotatable bonds is 2. The Morgan fingerprint density at radius 1 is 1.40 bits per heavy atom. The first-order chi connectivity index (χ1) is 7.18. The zero-order chi connectivity index (χ0) is 10.8. The Labute approximate surface area is 96.1 Å². The van der Waals surface area contributed by atoms with E-state index in [0.29, 0.717) is 12.0 Å². The van der Waals surface area contributed by atoms with Crippen molar-refractivity contribution >= 4 is 11.3 Å². The van der Waals surface area contributed by atoms with Crippen LogP contribution in [0.4, 0.5) is 0 Å².